The molecule has 1 N–H and O–H groups in total. The SMILES string of the molecule is CC(C)(C)NCc1ccccc1Oc1cccc(F)c1F. The third-order valence-electron chi connectivity index (χ3n) is 2.92. The lowest BCUT2D eigenvalue weighted by Gasteiger charge is -2.21. The summed E-state index contributed by atoms with van der Waals surface area (Å²) in [6.07, 6.45) is 0. The largest absolute Gasteiger partial charge is 0.454 e. The van der Waals surface area contributed by atoms with E-state index in [4.69, 9.17) is 4.74 Å². The van der Waals surface area contributed by atoms with Crippen LogP contribution >= 0.6 is 0 Å². The quantitative estimate of drug-likeness (QED) is 0.885. The minimum atomic E-state index is -0.976. The first-order valence-electron chi connectivity index (χ1n) is 6.81. The molecule has 0 fully saturated rings. The summed E-state index contributed by atoms with van der Waals surface area (Å²) in [5, 5.41) is 3.34. The molecule has 0 aliphatic carbocycles. The second-order valence-corrected chi connectivity index (χ2v) is 5.87. The molecule has 0 saturated carbocycles. The van der Waals surface area contributed by atoms with Gasteiger partial charge in [0, 0.05) is 17.6 Å². The van der Waals surface area contributed by atoms with Crippen LogP contribution in [0.3, 0.4) is 0 Å². The number of nitrogens with one attached hydrogen (secondary N) is 1. The molecular formula is C17H19F2NO. The minimum absolute atomic E-state index is 0.0444. The summed E-state index contributed by atoms with van der Waals surface area (Å²) < 4.78 is 32.4. The molecular weight excluding hydrogens is 272 g/mol. The highest BCUT2D eigenvalue weighted by Gasteiger charge is 2.13. The zero-order valence-corrected chi connectivity index (χ0v) is 12.4. The monoisotopic (exact) mass is 291 g/mol. The number of hydrogen-bond acceptors (Lipinski definition) is 2. The van der Waals surface area contributed by atoms with Crippen LogP contribution in [0.1, 0.15) is 26.3 Å². The van der Waals surface area contributed by atoms with Gasteiger partial charge < -0.3 is 10.1 Å². The van der Waals surface area contributed by atoms with Crippen LogP contribution in [-0.4, -0.2) is 5.54 Å². The number of para-hydroxylation sites is 1. The standard InChI is InChI=1S/C17H19F2NO/c1-17(2,3)20-11-12-7-4-5-9-14(12)21-15-10-6-8-13(18)16(15)19/h4-10,20H,11H2,1-3H3. The lowest BCUT2D eigenvalue weighted by atomic mass is 10.1. The first-order valence-corrected chi connectivity index (χ1v) is 6.81. The van der Waals surface area contributed by atoms with Crippen molar-refractivity contribution in [3.63, 3.8) is 0 Å². The van der Waals surface area contributed by atoms with E-state index in [1.165, 1.54) is 12.1 Å². The molecule has 0 atom stereocenters. The molecule has 0 aliphatic heterocycles. The van der Waals surface area contributed by atoms with Gasteiger partial charge in [-0.25, -0.2) is 4.39 Å². The Morgan fingerprint density at radius 3 is 2.33 bits per heavy atom. The van der Waals surface area contributed by atoms with Crippen LogP contribution in [0.5, 0.6) is 11.5 Å². The zero-order valence-electron chi connectivity index (χ0n) is 12.4. The van der Waals surface area contributed by atoms with E-state index in [0.29, 0.717) is 12.3 Å². The zero-order chi connectivity index (χ0) is 15.5. The van der Waals surface area contributed by atoms with Crippen molar-refractivity contribution in [1.29, 1.82) is 0 Å². The molecule has 21 heavy (non-hydrogen) atoms. The lowest BCUT2D eigenvalue weighted by Crippen LogP contribution is -2.35. The van der Waals surface area contributed by atoms with E-state index in [1.54, 1.807) is 12.1 Å². The number of hydrogen-bond donors (Lipinski definition) is 1. The van der Waals surface area contributed by atoms with Crippen LogP contribution in [0, 0.1) is 11.6 Å². The van der Waals surface area contributed by atoms with Crippen LogP contribution in [-0.2, 0) is 6.54 Å². The molecule has 0 aromatic heterocycles. The van der Waals surface area contributed by atoms with Gasteiger partial charge in [-0.2, -0.15) is 4.39 Å². The van der Waals surface area contributed by atoms with Gasteiger partial charge in [0.2, 0.25) is 5.82 Å². The Morgan fingerprint density at radius 1 is 0.952 bits per heavy atom. The summed E-state index contributed by atoms with van der Waals surface area (Å²) in [7, 11) is 0. The summed E-state index contributed by atoms with van der Waals surface area (Å²) in [6, 6.07) is 11.2. The van der Waals surface area contributed by atoms with Gasteiger partial charge in [-0.3, -0.25) is 0 Å². The average Bonchev–Trinajstić information content (AvgIpc) is 2.42. The Kier molecular flexibility index (Phi) is 4.58. The minimum Gasteiger partial charge on any atom is -0.454 e. The highest BCUT2D eigenvalue weighted by molar-refractivity contribution is 5.38. The van der Waals surface area contributed by atoms with Gasteiger partial charge in [0.1, 0.15) is 5.75 Å². The van der Waals surface area contributed by atoms with E-state index >= 15 is 0 Å². The van der Waals surface area contributed by atoms with Crippen LogP contribution < -0.4 is 10.1 Å². The van der Waals surface area contributed by atoms with Gasteiger partial charge in [0.15, 0.2) is 11.6 Å². The normalized spacial score (nSPS) is 11.5. The van der Waals surface area contributed by atoms with Crippen LogP contribution in [0.4, 0.5) is 8.78 Å². The fraction of sp³-hybridized carbons (Fsp3) is 0.294. The van der Waals surface area contributed by atoms with Crippen molar-refractivity contribution in [1.82, 2.24) is 5.32 Å². The van der Waals surface area contributed by atoms with Gasteiger partial charge in [-0.05, 0) is 39.0 Å². The van der Waals surface area contributed by atoms with E-state index in [1.807, 2.05) is 12.1 Å². The molecule has 0 aliphatic rings. The molecule has 0 heterocycles. The molecule has 4 heteroatoms. The topological polar surface area (TPSA) is 21.3 Å². The third kappa shape index (κ3) is 4.26. The molecule has 2 aromatic rings. The van der Waals surface area contributed by atoms with E-state index < -0.39 is 11.6 Å². The predicted molar refractivity (Wildman–Crippen MR) is 79.5 cm³/mol. The molecule has 0 spiro atoms. The molecule has 0 unspecified atom stereocenters. The summed E-state index contributed by atoms with van der Waals surface area (Å²) in [6.45, 7) is 6.75. The van der Waals surface area contributed by atoms with Crippen molar-refractivity contribution in [3.8, 4) is 11.5 Å². The van der Waals surface area contributed by atoms with Crippen molar-refractivity contribution in [3.05, 3.63) is 59.7 Å². The fourth-order valence-electron chi connectivity index (χ4n) is 1.79. The highest BCUT2D eigenvalue weighted by Crippen LogP contribution is 2.28. The molecule has 2 nitrogen and oxygen atoms in total. The van der Waals surface area contributed by atoms with Crippen LogP contribution in [0.25, 0.3) is 0 Å². The molecule has 0 amide bonds. The van der Waals surface area contributed by atoms with Crippen LogP contribution in [0.2, 0.25) is 0 Å². The second kappa shape index (κ2) is 6.22. The first kappa shape index (κ1) is 15.4. The predicted octanol–water partition coefficient (Wildman–Crippen LogP) is 4.65. The number of halogens is 2. The Hall–Kier alpha value is -1.94. The third-order valence-corrected chi connectivity index (χ3v) is 2.92. The van der Waals surface area contributed by atoms with Crippen molar-refractivity contribution in [2.75, 3.05) is 0 Å². The molecule has 0 radical (unpaired) electrons. The Labute approximate surface area is 123 Å². The van der Waals surface area contributed by atoms with Crippen LogP contribution in [0.15, 0.2) is 42.5 Å². The second-order valence-electron chi connectivity index (χ2n) is 5.87. The van der Waals surface area contributed by atoms with Crippen molar-refractivity contribution in [2.45, 2.75) is 32.9 Å². The van der Waals surface area contributed by atoms with Crippen molar-refractivity contribution in [2.24, 2.45) is 0 Å². The summed E-state index contributed by atoms with van der Waals surface area (Å²) >= 11 is 0. The Morgan fingerprint density at radius 2 is 1.62 bits per heavy atom. The summed E-state index contributed by atoms with van der Waals surface area (Å²) in [5.41, 5.74) is 0.841. The number of ether oxygens (including phenoxy) is 1. The maximum atomic E-state index is 13.7. The van der Waals surface area contributed by atoms with Gasteiger partial charge >= 0.3 is 0 Å². The fourth-order valence-corrected chi connectivity index (χ4v) is 1.79. The molecule has 0 bridgehead atoms. The molecule has 0 saturated heterocycles. The average molecular weight is 291 g/mol. The van der Waals surface area contributed by atoms with Gasteiger partial charge in [-0.1, -0.05) is 24.3 Å². The summed E-state index contributed by atoms with van der Waals surface area (Å²) in [4.78, 5) is 0. The van der Waals surface area contributed by atoms with Gasteiger partial charge in [0.25, 0.3) is 0 Å². The highest BCUT2D eigenvalue weighted by atomic mass is 19.2. The van der Waals surface area contributed by atoms with Crippen molar-refractivity contribution >= 4 is 0 Å². The maximum absolute atomic E-state index is 13.7. The van der Waals surface area contributed by atoms with Crippen molar-refractivity contribution < 1.29 is 13.5 Å². The molecule has 2 rings (SSSR count). The van der Waals surface area contributed by atoms with E-state index in [0.717, 1.165) is 11.6 Å². The Balaban J connectivity index is 2.22. The molecule has 112 valence electrons. The number of benzene rings is 2. The van der Waals surface area contributed by atoms with E-state index in [2.05, 4.69) is 26.1 Å². The maximum Gasteiger partial charge on any atom is 0.201 e. The smallest absolute Gasteiger partial charge is 0.201 e. The van der Waals surface area contributed by atoms with E-state index in [9.17, 15) is 8.78 Å². The number of rotatable bonds is 4. The lowest BCUT2D eigenvalue weighted by molar-refractivity contribution is 0.398. The van der Waals surface area contributed by atoms with Gasteiger partial charge in [0.05, 0.1) is 0 Å². The van der Waals surface area contributed by atoms with Gasteiger partial charge in [-0.15, -0.1) is 0 Å². The Bertz CT molecular complexity index is 620. The molecule has 2 aromatic carbocycles. The van der Waals surface area contributed by atoms with E-state index in [-0.39, 0.29) is 11.3 Å². The first-order chi connectivity index (χ1) is 9.87. The summed E-state index contributed by atoms with van der Waals surface area (Å²) in [5.74, 6) is -1.49.